The molecule has 3 heterocycles. The van der Waals surface area contributed by atoms with Gasteiger partial charge in [0.2, 0.25) is 17.7 Å². The first-order chi connectivity index (χ1) is 28.4. The van der Waals surface area contributed by atoms with Crippen LogP contribution in [0.3, 0.4) is 0 Å². The van der Waals surface area contributed by atoms with Gasteiger partial charge in [-0.15, -0.1) is 0 Å². The third kappa shape index (κ3) is 8.46. The zero-order chi connectivity index (χ0) is 42.0. The summed E-state index contributed by atoms with van der Waals surface area (Å²) in [5, 5.41) is 8.23. The molecule has 1 unspecified atom stereocenters. The lowest BCUT2D eigenvalue weighted by Gasteiger charge is -2.57. The van der Waals surface area contributed by atoms with E-state index in [1.165, 1.54) is 14.2 Å². The third-order valence-electron chi connectivity index (χ3n) is 12.4. The van der Waals surface area contributed by atoms with Crippen molar-refractivity contribution in [2.24, 2.45) is 29.6 Å². The number of amides is 4. The number of nitrogens with zero attached hydrogens (tertiary/aromatic N) is 3. The van der Waals surface area contributed by atoms with Crippen molar-refractivity contribution in [1.29, 1.82) is 0 Å². The van der Waals surface area contributed by atoms with Gasteiger partial charge in [0.15, 0.2) is 0 Å². The Balaban J connectivity index is 0.984. The SMILES string of the molecule is COC(=O)CNC(=O)[C@H](NC(=O)[C@@H]1C2CC[C@@H]2[C@H]1c1ncc(-c2ccc(-c3ccc(-c4cnc([C@@H]5CCCN5C(=O)[C@@H](NC(=O)OC)C(C)C)[nH]4)cc3)cc2)[nH]1)C(C)C. The highest BCUT2D eigenvalue weighted by Crippen LogP contribution is 2.62. The van der Waals surface area contributed by atoms with Crippen LogP contribution in [-0.2, 0) is 28.7 Å². The second kappa shape index (κ2) is 17.5. The zero-order valence-electron chi connectivity index (χ0n) is 34.4. The first-order valence-electron chi connectivity index (χ1n) is 20.5. The average molecular weight is 807 g/mol. The van der Waals surface area contributed by atoms with Gasteiger partial charge in [0.25, 0.3) is 0 Å². The van der Waals surface area contributed by atoms with Crippen molar-refractivity contribution in [1.82, 2.24) is 40.8 Å². The topological polar surface area (TPSA) is 200 Å². The first kappa shape index (κ1) is 41.2. The van der Waals surface area contributed by atoms with Crippen molar-refractivity contribution in [2.45, 2.75) is 77.4 Å². The van der Waals surface area contributed by atoms with E-state index in [0.29, 0.717) is 12.5 Å². The number of carbonyl (C=O) groups excluding carboxylic acids is 5. The van der Waals surface area contributed by atoms with Gasteiger partial charge in [-0.3, -0.25) is 19.2 Å². The van der Waals surface area contributed by atoms with E-state index in [2.05, 4.69) is 72.0 Å². The van der Waals surface area contributed by atoms with Crippen molar-refractivity contribution < 1.29 is 33.4 Å². The van der Waals surface area contributed by atoms with Crippen molar-refractivity contribution in [3.05, 3.63) is 72.6 Å². The Morgan fingerprint density at radius 2 is 1.29 bits per heavy atom. The van der Waals surface area contributed by atoms with E-state index < -0.39 is 30.1 Å². The molecule has 7 atom stereocenters. The fourth-order valence-corrected chi connectivity index (χ4v) is 8.87. The van der Waals surface area contributed by atoms with E-state index in [-0.39, 0.29) is 54.0 Å². The Morgan fingerprint density at radius 1 is 0.729 bits per heavy atom. The van der Waals surface area contributed by atoms with Gasteiger partial charge < -0.3 is 40.3 Å². The van der Waals surface area contributed by atoms with E-state index >= 15 is 0 Å². The number of methoxy groups -OCH3 is 2. The van der Waals surface area contributed by atoms with E-state index in [1.54, 1.807) is 11.1 Å². The number of ether oxygens (including phenoxy) is 2. The molecule has 4 amide bonds. The van der Waals surface area contributed by atoms with Gasteiger partial charge >= 0.3 is 12.1 Å². The molecule has 2 aliphatic carbocycles. The Kier molecular flexibility index (Phi) is 12.2. The molecule has 1 saturated heterocycles. The lowest BCUT2D eigenvalue weighted by molar-refractivity contribution is -0.148. The first-order valence-corrected chi connectivity index (χ1v) is 20.5. The number of benzene rings is 2. The molecular formula is C44H54N8O7. The van der Waals surface area contributed by atoms with Crippen LogP contribution < -0.4 is 16.0 Å². The molecule has 0 radical (unpaired) electrons. The highest BCUT2D eigenvalue weighted by atomic mass is 16.5. The largest absolute Gasteiger partial charge is 0.468 e. The van der Waals surface area contributed by atoms with Crippen LogP contribution in [0.1, 0.15) is 77.0 Å². The molecule has 0 bridgehead atoms. The smallest absolute Gasteiger partial charge is 0.407 e. The van der Waals surface area contributed by atoms with Gasteiger partial charge in [-0.2, -0.15) is 0 Å². The number of imidazole rings is 2. The highest BCUT2D eigenvalue weighted by Gasteiger charge is 2.60. The predicted octanol–water partition coefficient (Wildman–Crippen LogP) is 5.35. The van der Waals surface area contributed by atoms with Crippen LogP contribution in [0, 0.1) is 29.6 Å². The Morgan fingerprint density at radius 3 is 1.83 bits per heavy atom. The number of esters is 1. The molecule has 4 aromatic rings. The van der Waals surface area contributed by atoms with E-state index in [0.717, 1.165) is 71.0 Å². The molecule has 2 aromatic heterocycles. The van der Waals surface area contributed by atoms with Crippen molar-refractivity contribution >= 4 is 29.8 Å². The molecule has 3 fully saturated rings. The molecule has 312 valence electrons. The van der Waals surface area contributed by atoms with Crippen LogP contribution in [0.2, 0.25) is 0 Å². The van der Waals surface area contributed by atoms with Gasteiger partial charge in [0.05, 0.1) is 50.0 Å². The van der Waals surface area contributed by atoms with Gasteiger partial charge in [0.1, 0.15) is 30.3 Å². The molecule has 3 aliphatic rings. The lowest BCUT2D eigenvalue weighted by atomic mass is 9.46. The molecule has 2 saturated carbocycles. The number of nitrogens with one attached hydrogen (secondary N) is 5. The number of rotatable bonds is 14. The summed E-state index contributed by atoms with van der Waals surface area (Å²) in [4.78, 5) is 81.8. The summed E-state index contributed by atoms with van der Waals surface area (Å²) < 4.78 is 9.38. The van der Waals surface area contributed by atoms with Crippen molar-refractivity contribution in [3.8, 4) is 33.6 Å². The quantitative estimate of drug-likeness (QED) is 0.104. The van der Waals surface area contributed by atoms with Crippen LogP contribution in [-0.4, -0.2) is 94.0 Å². The molecule has 15 heteroatoms. The van der Waals surface area contributed by atoms with Crippen LogP contribution in [0.15, 0.2) is 60.9 Å². The molecule has 59 heavy (non-hydrogen) atoms. The van der Waals surface area contributed by atoms with Crippen LogP contribution in [0.4, 0.5) is 4.79 Å². The van der Waals surface area contributed by atoms with Crippen molar-refractivity contribution in [2.75, 3.05) is 27.3 Å². The molecule has 5 N–H and O–H groups in total. The maximum absolute atomic E-state index is 13.7. The number of hydrogen-bond acceptors (Lipinski definition) is 9. The van der Waals surface area contributed by atoms with Gasteiger partial charge in [0, 0.05) is 12.5 Å². The summed E-state index contributed by atoms with van der Waals surface area (Å²) in [5.41, 5.74) is 5.76. The standard InChI is InChI=1S/C44H54N8O7/c1-23(2)37(42(55)47-22-34(53)58-5)50-41(54)36-30-18-17-29(30)35(36)40-46-21-32(49-40)28-15-11-26(12-16-28)25-9-13-27(14-10-25)31-20-45-39(48-31)33-8-7-19-52(33)43(56)38(24(3)4)51-44(57)59-6/h9-16,20-21,23-24,29-30,33,35-38H,7-8,17-19,22H2,1-6H3,(H,45,48)(H,46,49)(H,47,55)(H,50,54)(H,51,57)/t29-,30?,33-,35+,36+,37+,38-/m0/s1. The fourth-order valence-electron chi connectivity index (χ4n) is 8.87. The van der Waals surface area contributed by atoms with Crippen LogP contribution >= 0.6 is 0 Å². The molecule has 1 aliphatic heterocycles. The lowest BCUT2D eigenvalue weighted by Crippen LogP contribution is -2.60. The van der Waals surface area contributed by atoms with Gasteiger partial charge in [-0.1, -0.05) is 76.2 Å². The van der Waals surface area contributed by atoms with Crippen LogP contribution in [0.5, 0.6) is 0 Å². The maximum atomic E-state index is 13.7. The van der Waals surface area contributed by atoms with E-state index in [4.69, 9.17) is 9.72 Å². The number of likely N-dealkylation sites (tertiary alicyclic amines) is 1. The van der Waals surface area contributed by atoms with E-state index in [1.807, 2.05) is 46.0 Å². The van der Waals surface area contributed by atoms with Gasteiger partial charge in [-0.25, -0.2) is 14.8 Å². The summed E-state index contributed by atoms with van der Waals surface area (Å²) >= 11 is 0. The monoisotopic (exact) mass is 806 g/mol. The molecular weight excluding hydrogens is 753 g/mol. The second-order valence-corrected chi connectivity index (χ2v) is 16.5. The number of alkyl carbamates (subject to hydrolysis) is 1. The summed E-state index contributed by atoms with van der Waals surface area (Å²) in [6.07, 6.45) is 6.61. The minimum atomic E-state index is -0.776. The highest BCUT2D eigenvalue weighted by molar-refractivity contribution is 5.91. The van der Waals surface area contributed by atoms with Crippen molar-refractivity contribution in [3.63, 3.8) is 0 Å². The maximum Gasteiger partial charge on any atom is 0.407 e. The third-order valence-corrected chi connectivity index (χ3v) is 12.4. The minimum Gasteiger partial charge on any atom is -0.468 e. The number of hydrogen-bond donors (Lipinski definition) is 5. The number of aromatic nitrogens is 4. The number of fused-ring (bicyclic) bond motifs is 1. The molecule has 15 nitrogen and oxygen atoms in total. The zero-order valence-corrected chi connectivity index (χ0v) is 34.4. The molecule has 0 spiro atoms. The number of H-pyrrole nitrogens is 2. The Bertz CT molecular complexity index is 2160. The summed E-state index contributed by atoms with van der Waals surface area (Å²) in [5.74, 6) is 0.204. The normalized spacial score (nSPS) is 21.8. The second-order valence-electron chi connectivity index (χ2n) is 16.5. The summed E-state index contributed by atoms with van der Waals surface area (Å²) in [7, 11) is 2.54. The number of carbonyl (C=O) groups is 5. The van der Waals surface area contributed by atoms with E-state index in [9.17, 15) is 24.0 Å². The van der Waals surface area contributed by atoms with Crippen LogP contribution in [0.25, 0.3) is 33.6 Å². The predicted molar refractivity (Wildman–Crippen MR) is 219 cm³/mol. The summed E-state index contributed by atoms with van der Waals surface area (Å²) in [6.45, 7) is 7.84. The average Bonchev–Trinajstić information content (AvgIpc) is 4.03. The minimum absolute atomic E-state index is 0.0654. The fraction of sp³-hybridized carbons (Fsp3) is 0.477. The molecule has 7 rings (SSSR count). The number of aromatic amines is 2. The Hall–Kier alpha value is -5.99. The van der Waals surface area contributed by atoms with Gasteiger partial charge in [-0.05, 0) is 71.6 Å². The molecule has 2 aromatic carbocycles. The Labute approximate surface area is 343 Å². The summed E-state index contributed by atoms with van der Waals surface area (Å²) in [6, 6.07) is 14.8.